The number of piperidine rings is 1. The highest BCUT2D eigenvalue weighted by molar-refractivity contribution is 5.79. The van der Waals surface area contributed by atoms with Crippen LogP contribution in [0.1, 0.15) is 44.1 Å². The van der Waals surface area contributed by atoms with Gasteiger partial charge in [0.2, 0.25) is 11.8 Å². The fourth-order valence-electron chi connectivity index (χ4n) is 3.94. The third-order valence-electron chi connectivity index (χ3n) is 5.55. The molecule has 0 unspecified atom stereocenters. The van der Waals surface area contributed by atoms with E-state index < -0.39 is 0 Å². The molecule has 5 heteroatoms. The van der Waals surface area contributed by atoms with Gasteiger partial charge in [0.25, 0.3) is 0 Å². The Hall–Kier alpha value is -1.88. The van der Waals surface area contributed by atoms with Gasteiger partial charge in [0.1, 0.15) is 0 Å². The Morgan fingerprint density at radius 1 is 0.923 bits per heavy atom. The predicted octanol–water partition coefficient (Wildman–Crippen LogP) is 2.42. The molecule has 1 aromatic rings. The van der Waals surface area contributed by atoms with Crippen LogP contribution in [0.4, 0.5) is 0 Å². The third kappa shape index (κ3) is 5.56. The number of nitrogens with one attached hydrogen (secondary N) is 1. The highest BCUT2D eigenvalue weighted by Crippen LogP contribution is 2.21. The molecular weight excluding hydrogens is 326 g/mol. The second kappa shape index (κ2) is 9.72. The Bertz CT molecular complexity index is 574. The van der Waals surface area contributed by atoms with Gasteiger partial charge in [-0.25, -0.2) is 0 Å². The molecule has 5 nitrogen and oxygen atoms in total. The minimum Gasteiger partial charge on any atom is -0.351 e. The number of likely N-dealkylation sites (tertiary alicyclic amines) is 2. The van der Waals surface area contributed by atoms with E-state index in [4.69, 9.17) is 0 Å². The van der Waals surface area contributed by atoms with Crippen LogP contribution in [0.5, 0.6) is 0 Å². The maximum atomic E-state index is 12.7. The molecule has 0 bridgehead atoms. The maximum absolute atomic E-state index is 12.7. The van der Waals surface area contributed by atoms with Crippen molar-refractivity contribution in [3.05, 3.63) is 35.9 Å². The molecule has 2 saturated heterocycles. The highest BCUT2D eigenvalue weighted by atomic mass is 16.2. The van der Waals surface area contributed by atoms with Gasteiger partial charge in [-0.15, -0.1) is 0 Å². The summed E-state index contributed by atoms with van der Waals surface area (Å²) in [6.07, 6.45) is 6.54. The van der Waals surface area contributed by atoms with E-state index in [1.54, 1.807) is 0 Å². The Labute approximate surface area is 156 Å². The molecule has 0 radical (unpaired) electrons. The number of hydrogen-bond donors (Lipinski definition) is 1. The third-order valence-corrected chi connectivity index (χ3v) is 5.55. The molecule has 1 N–H and O–H groups in total. The van der Waals surface area contributed by atoms with Crippen LogP contribution in [-0.2, 0) is 16.1 Å². The zero-order valence-electron chi connectivity index (χ0n) is 15.7. The van der Waals surface area contributed by atoms with Gasteiger partial charge in [0.05, 0.1) is 6.54 Å². The first-order valence-electron chi connectivity index (χ1n) is 10.0. The molecular formula is C21H31N3O2. The van der Waals surface area contributed by atoms with Crippen LogP contribution in [0.2, 0.25) is 0 Å². The lowest BCUT2D eigenvalue weighted by Crippen LogP contribution is -2.45. The van der Waals surface area contributed by atoms with E-state index in [9.17, 15) is 9.59 Å². The van der Waals surface area contributed by atoms with E-state index >= 15 is 0 Å². The van der Waals surface area contributed by atoms with Crippen LogP contribution in [0.3, 0.4) is 0 Å². The molecule has 0 atom stereocenters. The predicted molar refractivity (Wildman–Crippen MR) is 103 cm³/mol. The van der Waals surface area contributed by atoms with Gasteiger partial charge in [-0.3, -0.25) is 14.5 Å². The first-order valence-corrected chi connectivity index (χ1v) is 10.0. The molecule has 2 aliphatic heterocycles. The van der Waals surface area contributed by atoms with Gasteiger partial charge in [0, 0.05) is 25.6 Å². The van der Waals surface area contributed by atoms with E-state index in [0.29, 0.717) is 19.0 Å². The quantitative estimate of drug-likeness (QED) is 0.880. The van der Waals surface area contributed by atoms with E-state index in [2.05, 4.69) is 15.1 Å². The van der Waals surface area contributed by atoms with E-state index in [1.807, 2.05) is 30.3 Å². The number of rotatable bonds is 5. The summed E-state index contributed by atoms with van der Waals surface area (Å²) in [5.41, 5.74) is 1.11. The topological polar surface area (TPSA) is 52.7 Å². The Morgan fingerprint density at radius 2 is 1.58 bits per heavy atom. The van der Waals surface area contributed by atoms with Crippen LogP contribution >= 0.6 is 0 Å². The highest BCUT2D eigenvalue weighted by Gasteiger charge is 2.29. The first kappa shape index (κ1) is 18.9. The monoisotopic (exact) mass is 357 g/mol. The summed E-state index contributed by atoms with van der Waals surface area (Å²) < 4.78 is 0. The van der Waals surface area contributed by atoms with Gasteiger partial charge < -0.3 is 10.2 Å². The molecule has 0 spiro atoms. The second-order valence-electron chi connectivity index (χ2n) is 7.55. The molecule has 142 valence electrons. The normalized spacial score (nSPS) is 19.8. The van der Waals surface area contributed by atoms with Crippen LogP contribution < -0.4 is 5.32 Å². The SMILES string of the molecule is O=C(CN1CCC(C(=O)N2CCCCCC2)CC1)NCc1ccccc1. The number of amides is 2. The number of nitrogens with zero attached hydrogens (tertiary/aromatic N) is 2. The summed E-state index contributed by atoms with van der Waals surface area (Å²) in [6, 6.07) is 9.96. The van der Waals surface area contributed by atoms with Crippen molar-refractivity contribution in [1.29, 1.82) is 0 Å². The van der Waals surface area contributed by atoms with Gasteiger partial charge in [-0.2, -0.15) is 0 Å². The fraction of sp³-hybridized carbons (Fsp3) is 0.619. The lowest BCUT2D eigenvalue weighted by molar-refractivity contribution is -0.137. The largest absolute Gasteiger partial charge is 0.351 e. The Balaban J connectivity index is 1.37. The van der Waals surface area contributed by atoms with Crippen molar-refractivity contribution in [3.8, 4) is 0 Å². The molecule has 0 aromatic heterocycles. The number of hydrogen-bond acceptors (Lipinski definition) is 3. The molecule has 1 aromatic carbocycles. The van der Waals surface area contributed by atoms with E-state index in [0.717, 1.165) is 57.4 Å². The zero-order chi connectivity index (χ0) is 18.2. The summed E-state index contributed by atoms with van der Waals surface area (Å²) in [4.78, 5) is 29.1. The molecule has 0 saturated carbocycles. The molecule has 2 aliphatic rings. The maximum Gasteiger partial charge on any atom is 0.234 e. The fourth-order valence-corrected chi connectivity index (χ4v) is 3.94. The van der Waals surface area contributed by atoms with Gasteiger partial charge in [-0.1, -0.05) is 43.2 Å². The van der Waals surface area contributed by atoms with Crippen LogP contribution in [0.25, 0.3) is 0 Å². The lowest BCUT2D eigenvalue weighted by Gasteiger charge is -2.33. The lowest BCUT2D eigenvalue weighted by atomic mass is 9.95. The number of benzene rings is 1. The molecule has 0 aliphatic carbocycles. The van der Waals surface area contributed by atoms with Crippen LogP contribution in [-0.4, -0.2) is 54.3 Å². The van der Waals surface area contributed by atoms with Crippen molar-refractivity contribution >= 4 is 11.8 Å². The number of carbonyl (C=O) groups is 2. The average Bonchev–Trinajstić information content (AvgIpc) is 2.97. The number of carbonyl (C=O) groups excluding carboxylic acids is 2. The van der Waals surface area contributed by atoms with Gasteiger partial charge in [-0.05, 0) is 44.3 Å². The minimum absolute atomic E-state index is 0.0612. The van der Waals surface area contributed by atoms with Crippen LogP contribution in [0, 0.1) is 5.92 Å². The molecule has 26 heavy (non-hydrogen) atoms. The zero-order valence-corrected chi connectivity index (χ0v) is 15.7. The molecule has 2 heterocycles. The smallest absolute Gasteiger partial charge is 0.234 e. The van der Waals surface area contributed by atoms with E-state index in [-0.39, 0.29) is 11.8 Å². The van der Waals surface area contributed by atoms with Crippen molar-refractivity contribution < 1.29 is 9.59 Å². The van der Waals surface area contributed by atoms with Crippen molar-refractivity contribution in [1.82, 2.24) is 15.1 Å². The van der Waals surface area contributed by atoms with Crippen LogP contribution in [0.15, 0.2) is 30.3 Å². The van der Waals surface area contributed by atoms with Crippen molar-refractivity contribution in [3.63, 3.8) is 0 Å². The summed E-state index contributed by atoms with van der Waals surface area (Å²) in [5.74, 6) is 0.558. The van der Waals surface area contributed by atoms with Gasteiger partial charge >= 0.3 is 0 Å². The first-order chi connectivity index (χ1) is 12.7. The van der Waals surface area contributed by atoms with Crippen molar-refractivity contribution in [2.75, 3.05) is 32.7 Å². The summed E-state index contributed by atoms with van der Waals surface area (Å²) in [6.45, 7) is 4.54. The van der Waals surface area contributed by atoms with E-state index in [1.165, 1.54) is 12.8 Å². The Morgan fingerprint density at radius 3 is 2.23 bits per heavy atom. The minimum atomic E-state index is 0.0612. The summed E-state index contributed by atoms with van der Waals surface area (Å²) >= 11 is 0. The summed E-state index contributed by atoms with van der Waals surface area (Å²) in [7, 11) is 0. The summed E-state index contributed by atoms with van der Waals surface area (Å²) in [5, 5.41) is 2.98. The van der Waals surface area contributed by atoms with Crippen molar-refractivity contribution in [2.45, 2.75) is 45.1 Å². The Kier molecular flexibility index (Phi) is 7.06. The van der Waals surface area contributed by atoms with Gasteiger partial charge in [0.15, 0.2) is 0 Å². The standard InChI is InChI=1S/C21H31N3O2/c25-20(22-16-18-8-4-3-5-9-18)17-23-14-10-19(11-15-23)21(26)24-12-6-1-2-7-13-24/h3-5,8-9,19H,1-2,6-7,10-17H2,(H,22,25). The molecule has 2 fully saturated rings. The van der Waals surface area contributed by atoms with Crippen molar-refractivity contribution in [2.24, 2.45) is 5.92 Å². The molecule has 2 amide bonds. The average molecular weight is 357 g/mol. The molecule has 3 rings (SSSR count). The second-order valence-corrected chi connectivity index (χ2v) is 7.55.